The van der Waals surface area contributed by atoms with Gasteiger partial charge in [0.25, 0.3) is 0 Å². The highest BCUT2D eigenvalue weighted by atomic mass is 35.5. The van der Waals surface area contributed by atoms with Gasteiger partial charge in [0.15, 0.2) is 0 Å². The number of hydrogen-bond acceptors (Lipinski definition) is 3. The molecule has 4 rings (SSSR count). The summed E-state index contributed by atoms with van der Waals surface area (Å²) < 4.78 is 32.3. The van der Waals surface area contributed by atoms with Crippen LogP contribution in [0, 0.1) is 6.92 Å². The van der Waals surface area contributed by atoms with Crippen LogP contribution in [-0.4, -0.2) is 30.5 Å². The molecule has 0 spiro atoms. The summed E-state index contributed by atoms with van der Waals surface area (Å²) in [7, 11) is -4.27. The summed E-state index contributed by atoms with van der Waals surface area (Å²) in [6.07, 6.45) is 7.37. The second kappa shape index (κ2) is 12.5. The lowest BCUT2D eigenvalue weighted by Gasteiger charge is -2.38. The molecule has 0 aromatic heterocycles. The third-order valence-corrected chi connectivity index (χ3v) is 7.64. The number of hydrogen-bond donors (Lipinski definition) is 0. The van der Waals surface area contributed by atoms with Gasteiger partial charge >= 0.3 is 0 Å². The molecule has 186 valence electrons. The first-order valence-corrected chi connectivity index (χ1v) is 13.8. The predicted octanol–water partition coefficient (Wildman–Crippen LogP) is 6.97. The Labute approximate surface area is 215 Å². The van der Waals surface area contributed by atoms with Crippen LogP contribution in [0.25, 0.3) is 6.08 Å². The topological polar surface area (TPSA) is 57.2 Å². The van der Waals surface area contributed by atoms with E-state index >= 15 is 0 Å². The molecule has 4 nitrogen and oxygen atoms in total. The Bertz CT molecular complexity index is 1200. The van der Waals surface area contributed by atoms with Crippen molar-refractivity contribution >= 4 is 27.8 Å². The molecule has 0 N–H and O–H groups in total. The number of aryl methyl sites for hydroxylation is 1. The summed E-state index contributed by atoms with van der Waals surface area (Å²) in [6.45, 7) is 10.5. The van der Waals surface area contributed by atoms with Crippen LogP contribution in [0.3, 0.4) is 0 Å². The highest BCUT2D eigenvalue weighted by molar-refractivity contribution is 7.85. The van der Waals surface area contributed by atoms with Gasteiger partial charge in [-0.05, 0) is 62.4 Å². The molecule has 0 unspecified atom stereocenters. The first kappa shape index (κ1) is 27.2. The van der Waals surface area contributed by atoms with Crippen molar-refractivity contribution in [2.45, 2.75) is 50.6 Å². The Morgan fingerprint density at radius 3 is 2.06 bits per heavy atom. The average molecular weight is 512 g/mol. The molecular formula is C29H34ClNO3S. The largest absolute Gasteiger partial charge is 0.744 e. The molecule has 3 aromatic carbocycles. The molecule has 0 bridgehead atoms. The van der Waals surface area contributed by atoms with Crippen molar-refractivity contribution < 1.29 is 17.5 Å². The van der Waals surface area contributed by atoms with Gasteiger partial charge < -0.3 is 9.04 Å². The fourth-order valence-electron chi connectivity index (χ4n) is 4.65. The Morgan fingerprint density at radius 2 is 1.49 bits per heavy atom. The van der Waals surface area contributed by atoms with Gasteiger partial charge in [-0.25, -0.2) is 8.42 Å². The van der Waals surface area contributed by atoms with Crippen LogP contribution in [0.4, 0.5) is 0 Å². The molecule has 6 heteroatoms. The lowest BCUT2D eigenvalue weighted by molar-refractivity contribution is -0.953. The maximum Gasteiger partial charge on any atom is 0.124 e. The average Bonchev–Trinajstić information content (AvgIpc) is 3.06. The van der Waals surface area contributed by atoms with Crippen molar-refractivity contribution in [2.24, 2.45) is 0 Å². The zero-order valence-electron chi connectivity index (χ0n) is 20.3. The lowest BCUT2D eigenvalue weighted by Crippen LogP contribution is -2.47. The molecule has 0 saturated carbocycles. The van der Waals surface area contributed by atoms with E-state index in [2.05, 4.69) is 43.0 Å². The van der Waals surface area contributed by atoms with Gasteiger partial charge in [0.2, 0.25) is 0 Å². The number of benzene rings is 3. The van der Waals surface area contributed by atoms with Crippen LogP contribution in [-0.2, 0) is 23.2 Å². The first-order chi connectivity index (χ1) is 16.7. The fraction of sp³-hybridized carbons (Fsp3) is 0.310. The maximum absolute atomic E-state index is 10.4. The molecule has 0 radical (unpaired) electrons. The quantitative estimate of drug-likeness (QED) is 0.265. The summed E-state index contributed by atoms with van der Waals surface area (Å²) in [6, 6.07) is 22.9. The van der Waals surface area contributed by atoms with Gasteiger partial charge in [0, 0.05) is 16.1 Å². The van der Waals surface area contributed by atoms with E-state index in [0.29, 0.717) is 0 Å². The van der Waals surface area contributed by atoms with Crippen molar-refractivity contribution in [1.82, 2.24) is 0 Å². The summed E-state index contributed by atoms with van der Waals surface area (Å²) in [5.41, 5.74) is 5.01. The van der Waals surface area contributed by atoms with Crippen molar-refractivity contribution in [3.63, 3.8) is 0 Å². The number of rotatable bonds is 6. The molecule has 1 heterocycles. The first-order valence-electron chi connectivity index (χ1n) is 12.0. The molecule has 0 amide bonds. The van der Waals surface area contributed by atoms with Crippen molar-refractivity contribution in [3.8, 4) is 0 Å². The molecule has 35 heavy (non-hydrogen) atoms. The third-order valence-electron chi connectivity index (χ3n) is 6.54. The van der Waals surface area contributed by atoms with Gasteiger partial charge in [0.05, 0.1) is 18.0 Å². The minimum Gasteiger partial charge on any atom is -0.744 e. The summed E-state index contributed by atoms with van der Waals surface area (Å²) in [5.74, 6) is 0. The van der Waals surface area contributed by atoms with Crippen LogP contribution < -0.4 is 0 Å². The lowest BCUT2D eigenvalue weighted by atomic mass is 10.0. The number of halogens is 1. The van der Waals surface area contributed by atoms with Crippen molar-refractivity contribution in [3.05, 3.63) is 107 Å². The van der Waals surface area contributed by atoms with E-state index in [1.54, 1.807) is 12.1 Å². The van der Waals surface area contributed by atoms with Crippen molar-refractivity contribution in [1.29, 1.82) is 0 Å². The second-order valence-corrected chi connectivity index (χ2v) is 11.1. The summed E-state index contributed by atoms with van der Waals surface area (Å²) in [4.78, 5) is -0.178. The zero-order chi connectivity index (χ0) is 25.3. The standard InChI is InChI=1S/C22H27ClN.C7H8O3S/c1-2-20-9-5-6-10-21(20)18-24(15-7-3-4-8-16-24)17-19-11-13-22(23)14-12-19;1-6-2-4-7(5-3-6)11(8,9)10/h2,5-6,9-14H,1,3-4,7-8,15-18H2;2-5H,1H3,(H,8,9,10)/q+1;/p-1. The van der Waals surface area contributed by atoms with Crippen LogP contribution >= 0.6 is 11.6 Å². The molecule has 1 aliphatic heterocycles. The van der Waals surface area contributed by atoms with E-state index in [-0.39, 0.29) is 4.90 Å². The van der Waals surface area contributed by atoms with Gasteiger partial charge in [0.1, 0.15) is 23.2 Å². The zero-order valence-corrected chi connectivity index (χ0v) is 21.9. The van der Waals surface area contributed by atoms with E-state index in [0.717, 1.165) is 28.2 Å². The molecule has 3 aromatic rings. The molecular weight excluding hydrogens is 478 g/mol. The predicted molar refractivity (Wildman–Crippen MR) is 143 cm³/mol. The molecule has 1 aliphatic rings. The van der Waals surface area contributed by atoms with Gasteiger partial charge in [-0.1, -0.05) is 78.4 Å². The van der Waals surface area contributed by atoms with Crippen molar-refractivity contribution in [2.75, 3.05) is 13.1 Å². The second-order valence-electron chi connectivity index (χ2n) is 9.32. The fourth-order valence-corrected chi connectivity index (χ4v) is 5.25. The minimum atomic E-state index is -4.27. The Morgan fingerprint density at radius 1 is 0.886 bits per heavy atom. The summed E-state index contributed by atoms with van der Waals surface area (Å²) >= 11 is 6.07. The van der Waals surface area contributed by atoms with Gasteiger partial charge in [-0.3, -0.25) is 0 Å². The van der Waals surface area contributed by atoms with Gasteiger partial charge in [-0.2, -0.15) is 0 Å². The molecule has 0 aliphatic carbocycles. The maximum atomic E-state index is 10.4. The summed E-state index contributed by atoms with van der Waals surface area (Å²) in [5, 5.41) is 0.818. The molecule has 1 saturated heterocycles. The third kappa shape index (κ3) is 8.32. The molecule has 1 fully saturated rings. The van der Waals surface area contributed by atoms with Gasteiger partial charge in [-0.15, -0.1) is 0 Å². The van der Waals surface area contributed by atoms with Crippen LogP contribution in [0.15, 0.2) is 84.3 Å². The molecule has 0 atom stereocenters. The van der Waals surface area contributed by atoms with Crippen LogP contribution in [0.2, 0.25) is 5.02 Å². The highest BCUT2D eigenvalue weighted by Gasteiger charge is 2.30. The SMILES string of the molecule is C=Cc1ccccc1C[N+]1(Cc2ccc(Cl)cc2)CCCCCC1.Cc1ccc(S(=O)(=O)[O-])cc1. The number of nitrogens with zero attached hydrogens (tertiary/aromatic N) is 1. The Kier molecular flexibility index (Phi) is 9.70. The van der Waals surface area contributed by atoms with E-state index in [1.165, 1.54) is 67.6 Å². The van der Waals surface area contributed by atoms with Crippen LogP contribution in [0.5, 0.6) is 0 Å². The highest BCUT2D eigenvalue weighted by Crippen LogP contribution is 2.27. The normalized spacial score (nSPS) is 15.4. The smallest absolute Gasteiger partial charge is 0.124 e. The minimum absolute atomic E-state index is 0.178. The van der Waals surface area contributed by atoms with E-state index in [4.69, 9.17) is 11.6 Å². The number of likely N-dealkylation sites (tertiary alicyclic amines) is 1. The monoisotopic (exact) mass is 511 g/mol. The van der Waals surface area contributed by atoms with Crippen LogP contribution in [0.1, 0.15) is 47.9 Å². The number of quaternary nitrogens is 1. The Hall–Kier alpha value is -2.44. The van der Waals surface area contributed by atoms with E-state index in [9.17, 15) is 13.0 Å². The Balaban J connectivity index is 0.000000261. The van der Waals surface area contributed by atoms with E-state index in [1.807, 2.05) is 25.1 Å². The van der Waals surface area contributed by atoms with E-state index < -0.39 is 10.1 Å².